The Bertz CT molecular complexity index is 342. The van der Waals surface area contributed by atoms with Crippen LogP contribution < -0.4 is 5.01 Å². The van der Waals surface area contributed by atoms with Crippen LogP contribution in [0.2, 0.25) is 0 Å². The monoisotopic (exact) mass is 191 g/mol. The molecular formula is C10H13N3O. The summed E-state index contributed by atoms with van der Waals surface area (Å²) in [5.74, 6) is 0.395. The number of aliphatic hydroxyl groups excluding tert-OH is 1. The van der Waals surface area contributed by atoms with Crippen molar-refractivity contribution in [2.45, 2.75) is 13.8 Å². The average Bonchev–Trinajstić information content (AvgIpc) is 2.15. The van der Waals surface area contributed by atoms with Gasteiger partial charge in [0.05, 0.1) is 0 Å². The van der Waals surface area contributed by atoms with Crippen molar-refractivity contribution in [3.63, 3.8) is 0 Å². The molecule has 0 spiro atoms. The van der Waals surface area contributed by atoms with Crippen molar-refractivity contribution < 1.29 is 5.11 Å². The first-order valence-corrected chi connectivity index (χ1v) is 4.22. The number of pyridine rings is 1. The van der Waals surface area contributed by atoms with Crippen LogP contribution in [-0.2, 0) is 0 Å². The predicted molar refractivity (Wildman–Crippen MR) is 57.3 cm³/mol. The molecule has 4 heteroatoms. The Hall–Kier alpha value is -1.84. The maximum absolute atomic E-state index is 9.30. The molecule has 4 nitrogen and oxygen atoms in total. The number of nitrogens with zero attached hydrogens (tertiary/aromatic N) is 3. The van der Waals surface area contributed by atoms with Crippen molar-refractivity contribution in [3.8, 4) is 0 Å². The molecule has 0 aliphatic carbocycles. The average molecular weight is 191 g/mol. The molecule has 0 aliphatic heterocycles. The molecule has 0 bridgehead atoms. The van der Waals surface area contributed by atoms with Gasteiger partial charge >= 0.3 is 0 Å². The Balaban J connectivity index is 3.01. The summed E-state index contributed by atoms with van der Waals surface area (Å²) in [6, 6.07) is 5.36. The van der Waals surface area contributed by atoms with Crippen LogP contribution in [0.1, 0.15) is 13.8 Å². The number of hydrazone groups is 1. The SMILES string of the molecule is C=C(O)N(N=C(C)C)c1ccccn1. The fourth-order valence-corrected chi connectivity index (χ4v) is 0.920. The zero-order chi connectivity index (χ0) is 10.6. The summed E-state index contributed by atoms with van der Waals surface area (Å²) in [7, 11) is 0. The van der Waals surface area contributed by atoms with Gasteiger partial charge in [0.1, 0.15) is 0 Å². The predicted octanol–water partition coefficient (Wildman–Crippen LogP) is 2.31. The van der Waals surface area contributed by atoms with E-state index in [1.54, 1.807) is 18.3 Å². The molecule has 14 heavy (non-hydrogen) atoms. The standard InChI is InChI=1S/C10H13N3O/c1-8(2)12-13(9(3)14)10-6-4-5-7-11-10/h4-7,14H,3H2,1-2H3. The van der Waals surface area contributed by atoms with Crippen LogP contribution in [0.3, 0.4) is 0 Å². The van der Waals surface area contributed by atoms with E-state index >= 15 is 0 Å². The summed E-state index contributed by atoms with van der Waals surface area (Å²) in [5, 5.41) is 14.7. The van der Waals surface area contributed by atoms with Gasteiger partial charge in [0.15, 0.2) is 5.82 Å². The van der Waals surface area contributed by atoms with Gasteiger partial charge in [-0.05, 0) is 32.6 Å². The first-order chi connectivity index (χ1) is 6.61. The zero-order valence-corrected chi connectivity index (χ0v) is 8.31. The van der Waals surface area contributed by atoms with E-state index in [1.807, 2.05) is 19.9 Å². The fourth-order valence-electron chi connectivity index (χ4n) is 0.920. The summed E-state index contributed by atoms with van der Waals surface area (Å²) >= 11 is 0. The summed E-state index contributed by atoms with van der Waals surface area (Å²) in [6.07, 6.45) is 1.63. The quantitative estimate of drug-likeness (QED) is 0.453. The largest absolute Gasteiger partial charge is 0.494 e. The molecule has 0 saturated carbocycles. The molecule has 0 amide bonds. The topological polar surface area (TPSA) is 48.7 Å². The lowest BCUT2D eigenvalue weighted by Crippen LogP contribution is -2.16. The van der Waals surface area contributed by atoms with Gasteiger partial charge in [0, 0.05) is 11.9 Å². The summed E-state index contributed by atoms with van der Waals surface area (Å²) in [6.45, 7) is 7.08. The second-order valence-corrected chi connectivity index (χ2v) is 2.96. The van der Waals surface area contributed by atoms with Crippen molar-refractivity contribution in [2.24, 2.45) is 5.10 Å². The second-order valence-electron chi connectivity index (χ2n) is 2.96. The smallest absolute Gasteiger partial charge is 0.206 e. The van der Waals surface area contributed by atoms with E-state index in [1.165, 1.54) is 5.01 Å². The lowest BCUT2D eigenvalue weighted by molar-refractivity contribution is 0.393. The minimum Gasteiger partial charge on any atom is -0.494 e. The fraction of sp³-hybridized carbons (Fsp3) is 0.200. The number of aromatic nitrogens is 1. The number of aliphatic hydroxyl groups is 1. The molecule has 0 unspecified atom stereocenters. The Morgan fingerprint density at radius 1 is 1.50 bits per heavy atom. The number of hydrogen-bond acceptors (Lipinski definition) is 4. The third kappa shape index (κ3) is 2.58. The Kier molecular flexibility index (Phi) is 3.23. The van der Waals surface area contributed by atoms with Crippen LogP contribution in [0.5, 0.6) is 0 Å². The van der Waals surface area contributed by atoms with Gasteiger partial charge in [0.2, 0.25) is 5.88 Å². The molecule has 1 aromatic heterocycles. The highest BCUT2D eigenvalue weighted by atomic mass is 16.3. The summed E-state index contributed by atoms with van der Waals surface area (Å²) in [5.41, 5.74) is 0.811. The lowest BCUT2D eigenvalue weighted by Gasteiger charge is -2.15. The third-order valence-electron chi connectivity index (χ3n) is 1.41. The molecule has 1 heterocycles. The lowest BCUT2D eigenvalue weighted by atomic mass is 10.4. The highest BCUT2D eigenvalue weighted by Crippen LogP contribution is 2.13. The molecular weight excluding hydrogens is 178 g/mol. The van der Waals surface area contributed by atoms with Gasteiger partial charge in [-0.3, -0.25) is 0 Å². The molecule has 0 fully saturated rings. The minimum atomic E-state index is -0.148. The van der Waals surface area contributed by atoms with Gasteiger partial charge in [-0.1, -0.05) is 6.07 Å². The molecule has 0 aromatic carbocycles. The number of hydrogen-bond donors (Lipinski definition) is 1. The maximum atomic E-state index is 9.30. The number of anilines is 1. The van der Waals surface area contributed by atoms with E-state index in [0.717, 1.165) is 5.71 Å². The van der Waals surface area contributed by atoms with Gasteiger partial charge in [-0.25, -0.2) is 4.98 Å². The normalized spacial score (nSPS) is 9.29. The third-order valence-corrected chi connectivity index (χ3v) is 1.41. The molecule has 0 saturated heterocycles. The number of rotatable bonds is 3. The molecule has 0 atom stereocenters. The first kappa shape index (κ1) is 10.2. The summed E-state index contributed by atoms with van der Waals surface area (Å²) < 4.78 is 0. The molecule has 0 aliphatic rings. The van der Waals surface area contributed by atoms with E-state index in [9.17, 15) is 5.11 Å². The van der Waals surface area contributed by atoms with E-state index in [4.69, 9.17) is 0 Å². The zero-order valence-electron chi connectivity index (χ0n) is 8.31. The van der Waals surface area contributed by atoms with Crippen molar-refractivity contribution in [1.82, 2.24) is 4.98 Å². The van der Waals surface area contributed by atoms with E-state index in [0.29, 0.717) is 5.82 Å². The second kappa shape index (κ2) is 4.41. The van der Waals surface area contributed by atoms with E-state index in [-0.39, 0.29) is 5.88 Å². The molecule has 1 N–H and O–H groups in total. The van der Waals surface area contributed by atoms with Crippen LogP contribution in [0.25, 0.3) is 0 Å². The molecule has 1 aromatic rings. The van der Waals surface area contributed by atoms with Crippen LogP contribution in [0.15, 0.2) is 42.0 Å². The van der Waals surface area contributed by atoms with Crippen molar-refractivity contribution in [2.75, 3.05) is 5.01 Å². The Morgan fingerprint density at radius 2 is 2.21 bits per heavy atom. The highest BCUT2D eigenvalue weighted by Gasteiger charge is 2.07. The maximum Gasteiger partial charge on any atom is 0.206 e. The minimum absolute atomic E-state index is 0.148. The molecule has 0 radical (unpaired) electrons. The van der Waals surface area contributed by atoms with Crippen molar-refractivity contribution >= 4 is 11.5 Å². The van der Waals surface area contributed by atoms with Crippen LogP contribution in [0, 0.1) is 0 Å². The van der Waals surface area contributed by atoms with Crippen LogP contribution >= 0.6 is 0 Å². The van der Waals surface area contributed by atoms with Gasteiger partial charge in [-0.15, -0.1) is 0 Å². The van der Waals surface area contributed by atoms with Gasteiger partial charge in [-0.2, -0.15) is 10.1 Å². The van der Waals surface area contributed by atoms with E-state index in [2.05, 4.69) is 16.7 Å². The highest BCUT2D eigenvalue weighted by molar-refractivity contribution is 5.80. The Labute approximate surface area is 83.2 Å². The van der Waals surface area contributed by atoms with Gasteiger partial charge in [0.25, 0.3) is 0 Å². The Morgan fingerprint density at radius 3 is 2.64 bits per heavy atom. The molecule has 74 valence electrons. The molecule has 1 rings (SSSR count). The van der Waals surface area contributed by atoms with E-state index < -0.39 is 0 Å². The van der Waals surface area contributed by atoms with Crippen molar-refractivity contribution in [3.05, 3.63) is 36.9 Å². The van der Waals surface area contributed by atoms with Crippen LogP contribution in [0.4, 0.5) is 5.82 Å². The van der Waals surface area contributed by atoms with Crippen LogP contribution in [-0.4, -0.2) is 15.8 Å². The van der Waals surface area contributed by atoms with Crippen molar-refractivity contribution in [1.29, 1.82) is 0 Å². The summed E-state index contributed by atoms with van der Waals surface area (Å²) in [4.78, 5) is 4.05. The van der Waals surface area contributed by atoms with Gasteiger partial charge < -0.3 is 5.11 Å². The first-order valence-electron chi connectivity index (χ1n) is 4.22.